The highest BCUT2D eigenvalue weighted by Gasteiger charge is 2.11. The van der Waals surface area contributed by atoms with Gasteiger partial charge in [-0.05, 0) is 31.0 Å². The maximum absolute atomic E-state index is 12.0. The molecule has 4 nitrogen and oxygen atoms in total. The Labute approximate surface area is 127 Å². The molecule has 0 unspecified atom stereocenters. The second-order valence-corrected chi connectivity index (χ2v) is 5.28. The van der Waals surface area contributed by atoms with Gasteiger partial charge in [0.05, 0.1) is 21.8 Å². The Kier molecular flexibility index (Phi) is 5.04. The summed E-state index contributed by atoms with van der Waals surface area (Å²) in [5.74, 6) is -0.214. The van der Waals surface area contributed by atoms with Crippen LogP contribution in [-0.2, 0) is 6.54 Å². The Hall–Kier alpha value is -1.52. The minimum Gasteiger partial charge on any atom is -0.352 e. The van der Waals surface area contributed by atoms with Crippen LogP contribution in [0.2, 0.25) is 10.0 Å². The fraction of sp³-hybridized carbons (Fsp3) is 0.286. The molecule has 0 aliphatic rings. The zero-order valence-corrected chi connectivity index (χ0v) is 12.6. The van der Waals surface area contributed by atoms with Crippen LogP contribution in [0, 0.1) is 6.92 Å². The average Bonchev–Trinajstić information content (AvgIpc) is 2.83. The van der Waals surface area contributed by atoms with E-state index in [2.05, 4.69) is 10.4 Å². The number of aryl methyl sites for hydroxylation is 2. The lowest BCUT2D eigenvalue weighted by Crippen LogP contribution is -2.25. The summed E-state index contributed by atoms with van der Waals surface area (Å²) in [7, 11) is 0. The molecule has 106 valence electrons. The molecule has 0 bridgehead atoms. The van der Waals surface area contributed by atoms with Gasteiger partial charge in [0.25, 0.3) is 5.91 Å². The Morgan fingerprint density at radius 3 is 2.90 bits per heavy atom. The van der Waals surface area contributed by atoms with Gasteiger partial charge in [-0.15, -0.1) is 0 Å². The van der Waals surface area contributed by atoms with Crippen molar-refractivity contribution in [3.63, 3.8) is 0 Å². The van der Waals surface area contributed by atoms with E-state index in [1.54, 1.807) is 18.2 Å². The van der Waals surface area contributed by atoms with E-state index < -0.39 is 0 Å². The molecule has 2 aromatic rings. The molecule has 0 fully saturated rings. The molecule has 1 amide bonds. The summed E-state index contributed by atoms with van der Waals surface area (Å²) < 4.78 is 1.86. The summed E-state index contributed by atoms with van der Waals surface area (Å²) in [6.45, 7) is 3.31. The van der Waals surface area contributed by atoms with Gasteiger partial charge in [-0.3, -0.25) is 9.48 Å². The number of nitrogens with one attached hydrogen (secondary N) is 1. The quantitative estimate of drug-likeness (QED) is 0.861. The van der Waals surface area contributed by atoms with Crippen molar-refractivity contribution in [1.29, 1.82) is 0 Å². The van der Waals surface area contributed by atoms with Crippen molar-refractivity contribution in [2.75, 3.05) is 6.54 Å². The summed E-state index contributed by atoms with van der Waals surface area (Å²) in [6.07, 6.45) is 4.57. The molecule has 1 aromatic carbocycles. The van der Waals surface area contributed by atoms with Crippen molar-refractivity contribution in [3.05, 3.63) is 51.8 Å². The summed E-state index contributed by atoms with van der Waals surface area (Å²) >= 11 is 11.9. The fourth-order valence-electron chi connectivity index (χ4n) is 1.81. The Morgan fingerprint density at radius 1 is 1.40 bits per heavy atom. The molecule has 0 aliphatic heterocycles. The normalized spacial score (nSPS) is 10.6. The molecule has 0 saturated carbocycles. The SMILES string of the molecule is Cc1cnn(CCCNC(=O)c2cccc(Cl)c2Cl)c1. The maximum Gasteiger partial charge on any atom is 0.252 e. The van der Waals surface area contributed by atoms with Crippen molar-refractivity contribution in [2.24, 2.45) is 0 Å². The van der Waals surface area contributed by atoms with Crippen molar-refractivity contribution in [2.45, 2.75) is 19.9 Å². The molecule has 1 heterocycles. The van der Waals surface area contributed by atoms with E-state index in [1.165, 1.54) is 0 Å². The number of carbonyl (C=O) groups is 1. The Bertz CT molecular complexity index is 610. The van der Waals surface area contributed by atoms with Crippen LogP contribution < -0.4 is 5.32 Å². The van der Waals surface area contributed by atoms with E-state index in [4.69, 9.17) is 23.2 Å². The minimum absolute atomic E-state index is 0.214. The average molecular weight is 312 g/mol. The van der Waals surface area contributed by atoms with Crippen LogP contribution in [-0.4, -0.2) is 22.2 Å². The first-order valence-corrected chi connectivity index (χ1v) is 7.05. The fourth-order valence-corrected chi connectivity index (χ4v) is 2.19. The van der Waals surface area contributed by atoms with Gasteiger partial charge in [-0.25, -0.2) is 0 Å². The second-order valence-electron chi connectivity index (χ2n) is 4.49. The van der Waals surface area contributed by atoms with Crippen molar-refractivity contribution >= 4 is 29.1 Å². The Morgan fingerprint density at radius 2 is 2.20 bits per heavy atom. The molecule has 2 rings (SSSR count). The number of rotatable bonds is 5. The number of nitrogens with zero attached hydrogens (tertiary/aromatic N) is 2. The first-order valence-electron chi connectivity index (χ1n) is 6.29. The summed E-state index contributed by atoms with van der Waals surface area (Å²) in [5, 5.41) is 7.67. The van der Waals surface area contributed by atoms with Gasteiger partial charge in [-0.2, -0.15) is 5.10 Å². The number of amides is 1. The van der Waals surface area contributed by atoms with Crippen molar-refractivity contribution in [3.8, 4) is 0 Å². The van der Waals surface area contributed by atoms with Gasteiger partial charge in [0, 0.05) is 19.3 Å². The molecular formula is C14H15Cl2N3O. The minimum atomic E-state index is -0.214. The van der Waals surface area contributed by atoms with E-state index in [9.17, 15) is 4.79 Å². The molecule has 0 saturated heterocycles. The van der Waals surface area contributed by atoms with Crippen molar-refractivity contribution < 1.29 is 4.79 Å². The first-order chi connectivity index (χ1) is 9.58. The van der Waals surface area contributed by atoms with Gasteiger partial charge in [0.15, 0.2) is 0 Å². The topological polar surface area (TPSA) is 46.9 Å². The van der Waals surface area contributed by atoms with E-state index >= 15 is 0 Å². The predicted octanol–water partition coefficient (Wildman–Crippen LogP) is 3.32. The molecule has 1 N–H and O–H groups in total. The number of aromatic nitrogens is 2. The highest BCUT2D eigenvalue weighted by Crippen LogP contribution is 2.25. The molecule has 20 heavy (non-hydrogen) atoms. The van der Waals surface area contributed by atoms with Crippen LogP contribution in [0.4, 0.5) is 0 Å². The summed E-state index contributed by atoms with van der Waals surface area (Å²) in [4.78, 5) is 12.0. The molecule has 0 spiro atoms. The number of hydrogen-bond donors (Lipinski definition) is 1. The molecule has 0 atom stereocenters. The van der Waals surface area contributed by atoms with Crippen LogP contribution in [0.5, 0.6) is 0 Å². The van der Waals surface area contributed by atoms with Crippen LogP contribution in [0.1, 0.15) is 22.3 Å². The third kappa shape index (κ3) is 3.74. The van der Waals surface area contributed by atoms with Gasteiger partial charge in [0.2, 0.25) is 0 Å². The molecular weight excluding hydrogens is 297 g/mol. The third-order valence-corrected chi connectivity index (χ3v) is 3.63. The van der Waals surface area contributed by atoms with Crippen molar-refractivity contribution in [1.82, 2.24) is 15.1 Å². The standard InChI is InChI=1S/C14H15Cl2N3O/c1-10-8-18-19(9-10)7-3-6-17-14(20)11-4-2-5-12(15)13(11)16/h2,4-5,8-9H,3,6-7H2,1H3,(H,17,20). The summed E-state index contributed by atoms with van der Waals surface area (Å²) in [5.41, 5.74) is 1.52. The lowest BCUT2D eigenvalue weighted by Gasteiger charge is -2.07. The molecule has 0 aliphatic carbocycles. The number of halogens is 2. The monoisotopic (exact) mass is 311 g/mol. The van der Waals surface area contributed by atoms with E-state index in [0.717, 1.165) is 18.5 Å². The zero-order valence-electron chi connectivity index (χ0n) is 11.1. The molecule has 1 aromatic heterocycles. The van der Waals surface area contributed by atoms with E-state index in [0.29, 0.717) is 17.1 Å². The predicted molar refractivity (Wildman–Crippen MR) is 80.4 cm³/mol. The smallest absolute Gasteiger partial charge is 0.252 e. The number of benzene rings is 1. The lowest BCUT2D eigenvalue weighted by molar-refractivity contribution is 0.0952. The molecule has 6 heteroatoms. The Balaban J connectivity index is 1.82. The largest absolute Gasteiger partial charge is 0.352 e. The van der Waals surface area contributed by atoms with Crippen LogP contribution in [0.25, 0.3) is 0 Å². The van der Waals surface area contributed by atoms with Gasteiger partial charge in [0.1, 0.15) is 0 Å². The highest BCUT2D eigenvalue weighted by molar-refractivity contribution is 6.43. The second kappa shape index (κ2) is 6.77. The van der Waals surface area contributed by atoms with Gasteiger partial charge < -0.3 is 5.32 Å². The first kappa shape index (κ1) is 14.9. The number of carbonyl (C=O) groups excluding carboxylic acids is 1. The third-order valence-electron chi connectivity index (χ3n) is 2.81. The van der Waals surface area contributed by atoms with Crippen LogP contribution in [0.15, 0.2) is 30.6 Å². The highest BCUT2D eigenvalue weighted by atomic mass is 35.5. The zero-order chi connectivity index (χ0) is 14.5. The lowest BCUT2D eigenvalue weighted by atomic mass is 10.2. The maximum atomic E-state index is 12.0. The van der Waals surface area contributed by atoms with E-state index in [-0.39, 0.29) is 10.9 Å². The van der Waals surface area contributed by atoms with E-state index in [1.807, 2.05) is 24.0 Å². The molecule has 0 radical (unpaired) electrons. The summed E-state index contributed by atoms with van der Waals surface area (Å²) in [6, 6.07) is 5.01. The van der Waals surface area contributed by atoms with Crippen LogP contribution in [0.3, 0.4) is 0 Å². The van der Waals surface area contributed by atoms with Gasteiger partial charge in [-0.1, -0.05) is 29.3 Å². The van der Waals surface area contributed by atoms with Gasteiger partial charge >= 0.3 is 0 Å². The van der Waals surface area contributed by atoms with Crippen LogP contribution >= 0.6 is 23.2 Å². The number of hydrogen-bond acceptors (Lipinski definition) is 2.